The molecule has 0 heterocycles. The van der Waals surface area contributed by atoms with Gasteiger partial charge in [0.05, 0.1) is 23.9 Å². The van der Waals surface area contributed by atoms with Crippen molar-refractivity contribution in [2.24, 2.45) is 0 Å². The predicted octanol–water partition coefficient (Wildman–Crippen LogP) is 8.21. The van der Waals surface area contributed by atoms with Crippen molar-refractivity contribution < 1.29 is 27.4 Å². The van der Waals surface area contributed by atoms with Gasteiger partial charge in [0.25, 0.3) is 0 Å². The quantitative estimate of drug-likeness (QED) is 0.345. The predicted molar refractivity (Wildman–Crippen MR) is 136 cm³/mol. The first-order valence-corrected chi connectivity index (χ1v) is 12.6. The fourth-order valence-electron chi connectivity index (χ4n) is 3.25. The van der Waals surface area contributed by atoms with E-state index in [0.717, 1.165) is 25.0 Å². The second-order valence-electron chi connectivity index (χ2n) is 7.61. The number of hydrogen-bond donors (Lipinski definition) is 0. The first-order chi connectivity index (χ1) is 16.2. The van der Waals surface area contributed by atoms with Gasteiger partial charge < -0.3 is 14.2 Å². The Morgan fingerprint density at radius 1 is 0.941 bits per heavy atom. The molecule has 0 aromatic heterocycles. The molecule has 0 radical (unpaired) electrons. The van der Waals surface area contributed by atoms with Crippen LogP contribution >= 0.6 is 0 Å². The lowest BCUT2D eigenvalue weighted by Crippen LogP contribution is -2.39. The van der Waals surface area contributed by atoms with Gasteiger partial charge in [-0.25, -0.2) is 0 Å². The van der Waals surface area contributed by atoms with Crippen LogP contribution in [0.1, 0.15) is 96.8 Å². The van der Waals surface area contributed by atoms with Crippen LogP contribution in [0, 0.1) is 18.8 Å². The van der Waals surface area contributed by atoms with E-state index in [1.165, 1.54) is 32.8 Å². The van der Waals surface area contributed by atoms with Crippen LogP contribution in [0.4, 0.5) is 13.2 Å². The summed E-state index contributed by atoms with van der Waals surface area (Å²) >= 11 is 0. The van der Waals surface area contributed by atoms with Crippen LogP contribution in [-0.2, 0) is 20.4 Å². The molecule has 0 bridgehead atoms. The van der Waals surface area contributed by atoms with Crippen LogP contribution < -0.4 is 0 Å². The number of methoxy groups -OCH3 is 2. The summed E-state index contributed by atoms with van der Waals surface area (Å²) in [6.07, 6.45) is 4.17. The molecule has 1 aromatic rings. The van der Waals surface area contributed by atoms with Gasteiger partial charge in [-0.3, -0.25) is 0 Å². The third kappa shape index (κ3) is 15.4. The van der Waals surface area contributed by atoms with Crippen molar-refractivity contribution >= 4 is 0 Å². The summed E-state index contributed by atoms with van der Waals surface area (Å²) in [6.45, 7) is 14.3. The van der Waals surface area contributed by atoms with Gasteiger partial charge in [0, 0.05) is 19.8 Å². The second-order valence-corrected chi connectivity index (χ2v) is 7.61. The van der Waals surface area contributed by atoms with E-state index in [0.29, 0.717) is 29.4 Å². The van der Waals surface area contributed by atoms with E-state index < -0.39 is 11.7 Å². The fourth-order valence-corrected chi connectivity index (χ4v) is 3.25. The van der Waals surface area contributed by atoms with E-state index in [1.807, 2.05) is 27.7 Å². The Kier molecular flexibility index (Phi) is 21.2. The summed E-state index contributed by atoms with van der Waals surface area (Å²) in [4.78, 5) is 0. The van der Waals surface area contributed by atoms with Gasteiger partial charge >= 0.3 is 6.18 Å². The third-order valence-corrected chi connectivity index (χ3v) is 4.85. The van der Waals surface area contributed by atoms with E-state index in [2.05, 4.69) is 25.7 Å². The molecule has 0 N–H and O–H groups in total. The molecule has 0 saturated heterocycles. The maximum Gasteiger partial charge on any atom is 0.416 e. The molecule has 1 saturated carbocycles. The summed E-state index contributed by atoms with van der Waals surface area (Å²) in [5.74, 6) is 5.24. The summed E-state index contributed by atoms with van der Waals surface area (Å²) in [5.41, 5.74) is 0.218. The highest BCUT2D eigenvalue weighted by atomic mass is 19.4. The first-order valence-electron chi connectivity index (χ1n) is 12.6. The molecular formula is C28H47F3O3. The lowest BCUT2D eigenvalue weighted by molar-refractivity contribution is -0.137. The number of hydrogen-bond acceptors (Lipinski definition) is 3. The molecule has 1 fully saturated rings. The molecule has 2 rings (SSSR count). The zero-order valence-electron chi connectivity index (χ0n) is 22.8. The summed E-state index contributed by atoms with van der Waals surface area (Å²) < 4.78 is 53.3. The second kappa shape index (κ2) is 20.8. The molecule has 0 unspecified atom stereocenters. The Balaban J connectivity index is 0. The highest BCUT2D eigenvalue weighted by molar-refractivity contribution is 5.41. The Morgan fingerprint density at radius 2 is 1.50 bits per heavy atom. The average Bonchev–Trinajstić information content (AvgIpc) is 2.78. The summed E-state index contributed by atoms with van der Waals surface area (Å²) in [5, 5.41) is 0. The number of halogens is 3. The number of benzene rings is 1. The highest BCUT2D eigenvalue weighted by Crippen LogP contribution is 2.30. The van der Waals surface area contributed by atoms with Crippen molar-refractivity contribution in [2.75, 3.05) is 20.8 Å². The molecule has 198 valence electrons. The summed E-state index contributed by atoms with van der Waals surface area (Å²) in [6, 6.07) is 3.75. The van der Waals surface area contributed by atoms with Crippen LogP contribution in [0.3, 0.4) is 0 Å². The monoisotopic (exact) mass is 488 g/mol. The van der Waals surface area contributed by atoms with Gasteiger partial charge in [-0.1, -0.05) is 66.2 Å². The first kappa shape index (κ1) is 34.6. The number of aryl methyl sites for hydroxylation is 1. The van der Waals surface area contributed by atoms with Crippen molar-refractivity contribution in [1.29, 1.82) is 0 Å². The molecule has 0 aliphatic heterocycles. The fraction of sp³-hybridized carbons (Fsp3) is 0.714. The van der Waals surface area contributed by atoms with Crippen molar-refractivity contribution in [3.05, 3.63) is 34.9 Å². The molecule has 0 amide bonds. The molecule has 6 heteroatoms. The van der Waals surface area contributed by atoms with Crippen LogP contribution in [0.5, 0.6) is 0 Å². The Bertz CT molecular complexity index is 666. The standard InChI is InChI=1S/C12H11F3O.C12H24O2.2C2H6/c1-9-6-10(4-3-5-16-2)8-11(7-9)12(13,14)15;1-4-6-10(7-5-2)14-12-8-11(9-12)13-3;2*1-2/h6-8H,5H2,1-2H3;10-12H,4-9H2,1-3H3;2*1-2H3. The van der Waals surface area contributed by atoms with E-state index in [1.54, 1.807) is 20.1 Å². The van der Waals surface area contributed by atoms with E-state index >= 15 is 0 Å². The van der Waals surface area contributed by atoms with E-state index in [4.69, 9.17) is 14.2 Å². The van der Waals surface area contributed by atoms with Gasteiger partial charge in [-0.15, -0.1) is 0 Å². The Hall–Kier alpha value is -1.55. The largest absolute Gasteiger partial charge is 0.416 e. The van der Waals surface area contributed by atoms with Gasteiger partial charge in [-0.05, 0) is 56.4 Å². The van der Waals surface area contributed by atoms with Crippen molar-refractivity contribution in [1.82, 2.24) is 0 Å². The minimum absolute atomic E-state index is 0.204. The van der Waals surface area contributed by atoms with E-state index in [-0.39, 0.29) is 6.61 Å². The number of rotatable bonds is 8. The van der Waals surface area contributed by atoms with Crippen molar-refractivity contribution in [2.45, 2.75) is 111 Å². The van der Waals surface area contributed by atoms with Crippen LogP contribution in [-0.4, -0.2) is 39.1 Å². The lowest BCUT2D eigenvalue weighted by Gasteiger charge is -2.36. The van der Waals surface area contributed by atoms with Crippen LogP contribution in [0.2, 0.25) is 0 Å². The Morgan fingerprint density at radius 3 is 1.94 bits per heavy atom. The zero-order chi connectivity index (χ0) is 26.6. The summed E-state index contributed by atoms with van der Waals surface area (Å²) in [7, 11) is 3.27. The van der Waals surface area contributed by atoms with Crippen LogP contribution in [0.15, 0.2) is 18.2 Å². The lowest BCUT2D eigenvalue weighted by atomic mass is 9.91. The number of ether oxygens (including phenoxy) is 3. The maximum absolute atomic E-state index is 12.5. The molecule has 1 aliphatic rings. The van der Waals surface area contributed by atoms with Crippen LogP contribution in [0.25, 0.3) is 0 Å². The van der Waals surface area contributed by atoms with Gasteiger partial charge in [0.1, 0.15) is 6.61 Å². The molecule has 0 spiro atoms. The normalized spacial score (nSPS) is 16.4. The van der Waals surface area contributed by atoms with Gasteiger partial charge in [-0.2, -0.15) is 13.2 Å². The smallest absolute Gasteiger partial charge is 0.381 e. The molecule has 34 heavy (non-hydrogen) atoms. The average molecular weight is 489 g/mol. The number of alkyl halides is 3. The zero-order valence-corrected chi connectivity index (χ0v) is 22.8. The highest BCUT2D eigenvalue weighted by Gasteiger charge is 2.31. The molecule has 0 atom stereocenters. The van der Waals surface area contributed by atoms with Gasteiger partial charge in [0.2, 0.25) is 0 Å². The molecule has 3 nitrogen and oxygen atoms in total. The molecular weight excluding hydrogens is 441 g/mol. The molecule has 1 aromatic carbocycles. The molecule has 1 aliphatic carbocycles. The maximum atomic E-state index is 12.5. The topological polar surface area (TPSA) is 27.7 Å². The van der Waals surface area contributed by atoms with Gasteiger partial charge in [0.15, 0.2) is 0 Å². The SMILES string of the molecule is CC.CC.CCCC(CCC)OC1CC(OC)C1.COCC#Cc1cc(C)cc(C(F)(F)F)c1. The Labute approximate surface area is 206 Å². The van der Waals surface area contributed by atoms with Crippen molar-refractivity contribution in [3.8, 4) is 11.8 Å². The third-order valence-electron chi connectivity index (χ3n) is 4.85. The van der Waals surface area contributed by atoms with Crippen molar-refractivity contribution in [3.63, 3.8) is 0 Å². The minimum atomic E-state index is -4.33. The minimum Gasteiger partial charge on any atom is -0.381 e. The van der Waals surface area contributed by atoms with E-state index in [9.17, 15) is 13.2 Å².